The van der Waals surface area contributed by atoms with E-state index in [1.54, 1.807) is 23.9 Å². The van der Waals surface area contributed by atoms with Crippen molar-refractivity contribution in [3.63, 3.8) is 0 Å². The van der Waals surface area contributed by atoms with Gasteiger partial charge in [-0.1, -0.05) is 19.9 Å². The summed E-state index contributed by atoms with van der Waals surface area (Å²) in [6.07, 6.45) is 1.46. The van der Waals surface area contributed by atoms with Crippen LogP contribution in [0, 0.1) is 5.92 Å². The van der Waals surface area contributed by atoms with E-state index in [9.17, 15) is 9.90 Å². The molecular formula is C14H18N4O2. The molecule has 6 heteroatoms. The third kappa shape index (κ3) is 2.96. The van der Waals surface area contributed by atoms with E-state index in [4.69, 9.17) is 0 Å². The Kier molecular flexibility index (Phi) is 4.02. The summed E-state index contributed by atoms with van der Waals surface area (Å²) in [7, 11) is 1.79. The largest absolute Gasteiger partial charge is 0.508 e. The summed E-state index contributed by atoms with van der Waals surface area (Å²) in [6, 6.07) is 6.01. The number of phenolic OH excluding ortho intramolecular Hbond substituents is 1. The molecule has 6 nitrogen and oxygen atoms in total. The Morgan fingerprint density at radius 1 is 1.40 bits per heavy atom. The monoisotopic (exact) mass is 274 g/mol. The molecule has 0 bridgehead atoms. The molecule has 1 aromatic heterocycles. The first-order valence-electron chi connectivity index (χ1n) is 6.43. The van der Waals surface area contributed by atoms with Crippen LogP contribution in [0.25, 0.3) is 0 Å². The zero-order valence-electron chi connectivity index (χ0n) is 11.7. The normalized spacial score (nSPS) is 12.4. The van der Waals surface area contributed by atoms with Crippen LogP contribution in [-0.4, -0.2) is 25.8 Å². The number of benzene rings is 1. The van der Waals surface area contributed by atoms with Crippen molar-refractivity contribution < 1.29 is 9.90 Å². The second-order valence-electron chi connectivity index (χ2n) is 4.99. The third-order valence-corrected chi connectivity index (χ3v) is 3.09. The van der Waals surface area contributed by atoms with Crippen LogP contribution in [0.5, 0.6) is 5.75 Å². The van der Waals surface area contributed by atoms with Gasteiger partial charge in [-0.15, -0.1) is 0 Å². The van der Waals surface area contributed by atoms with E-state index in [0.717, 1.165) is 0 Å². The van der Waals surface area contributed by atoms with Gasteiger partial charge in [-0.3, -0.25) is 9.48 Å². The maximum absolute atomic E-state index is 12.2. The van der Waals surface area contributed by atoms with Gasteiger partial charge in [0.2, 0.25) is 0 Å². The first kappa shape index (κ1) is 14.0. The van der Waals surface area contributed by atoms with Crippen LogP contribution < -0.4 is 5.32 Å². The molecule has 20 heavy (non-hydrogen) atoms. The fourth-order valence-corrected chi connectivity index (χ4v) is 1.99. The number of nitrogens with one attached hydrogen (secondary N) is 1. The van der Waals surface area contributed by atoms with E-state index in [1.807, 2.05) is 13.8 Å². The van der Waals surface area contributed by atoms with Crippen molar-refractivity contribution >= 4 is 5.91 Å². The summed E-state index contributed by atoms with van der Waals surface area (Å²) in [6.45, 7) is 4.00. The number of hydrogen-bond donors (Lipinski definition) is 2. The average Bonchev–Trinajstić information content (AvgIpc) is 2.81. The molecule has 0 aliphatic heterocycles. The van der Waals surface area contributed by atoms with Gasteiger partial charge in [-0.25, -0.2) is 4.98 Å². The van der Waals surface area contributed by atoms with Crippen molar-refractivity contribution in [2.75, 3.05) is 0 Å². The van der Waals surface area contributed by atoms with Crippen molar-refractivity contribution in [2.24, 2.45) is 13.0 Å². The van der Waals surface area contributed by atoms with Crippen molar-refractivity contribution in [3.8, 4) is 5.75 Å². The number of aromatic nitrogens is 3. The molecule has 106 valence electrons. The molecule has 1 aromatic carbocycles. The highest BCUT2D eigenvalue weighted by molar-refractivity contribution is 5.94. The first-order chi connectivity index (χ1) is 9.49. The molecule has 0 unspecified atom stereocenters. The molecule has 1 amide bonds. The number of carbonyl (C=O) groups excluding carboxylic acids is 1. The predicted octanol–water partition coefficient (Wildman–Crippen LogP) is 1.65. The molecular weight excluding hydrogens is 256 g/mol. The Balaban J connectivity index is 2.21. The second kappa shape index (κ2) is 5.73. The number of rotatable bonds is 4. The van der Waals surface area contributed by atoms with Gasteiger partial charge < -0.3 is 10.4 Å². The van der Waals surface area contributed by atoms with Crippen molar-refractivity contribution in [1.29, 1.82) is 0 Å². The average molecular weight is 274 g/mol. The summed E-state index contributed by atoms with van der Waals surface area (Å²) in [5, 5.41) is 16.4. The molecule has 0 spiro atoms. The maximum atomic E-state index is 12.2. The third-order valence-electron chi connectivity index (χ3n) is 3.09. The smallest absolute Gasteiger partial charge is 0.252 e. The van der Waals surface area contributed by atoms with Gasteiger partial charge in [0.25, 0.3) is 5.91 Å². The Morgan fingerprint density at radius 2 is 2.15 bits per heavy atom. The molecule has 1 heterocycles. The van der Waals surface area contributed by atoms with E-state index in [0.29, 0.717) is 11.4 Å². The number of aromatic hydroxyl groups is 1. The minimum Gasteiger partial charge on any atom is -0.508 e. The van der Waals surface area contributed by atoms with Gasteiger partial charge in [-0.05, 0) is 24.1 Å². The van der Waals surface area contributed by atoms with Crippen LogP contribution in [-0.2, 0) is 7.05 Å². The predicted molar refractivity (Wildman–Crippen MR) is 74.2 cm³/mol. The Bertz CT molecular complexity index is 607. The number of carbonyl (C=O) groups is 1. The van der Waals surface area contributed by atoms with Crippen molar-refractivity contribution in [2.45, 2.75) is 19.9 Å². The zero-order valence-corrected chi connectivity index (χ0v) is 11.7. The highest BCUT2D eigenvalue weighted by Gasteiger charge is 2.23. The molecule has 0 fully saturated rings. The van der Waals surface area contributed by atoms with Crippen LogP contribution in [0.15, 0.2) is 30.6 Å². The van der Waals surface area contributed by atoms with Crippen LogP contribution in [0.3, 0.4) is 0 Å². The molecule has 2 rings (SSSR count). The molecule has 2 aromatic rings. The lowest BCUT2D eigenvalue weighted by molar-refractivity contribution is 0.0921. The molecule has 2 N–H and O–H groups in total. The van der Waals surface area contributed by atoms with E-state index in [1.165, 1.54) is 18.5 Å². The van der Waals surface area contributed by atoms with Gasteiger partial charge in [0.05, 0.1) is 6.04 Å². The minimum absolute atomic E-state index is 0.0670. The van der Waals surface area contributed by atoms with Gasteiger partial charge in [0.15, 0.2) is 0 Å². The Morgan fingerprint density at radius 3 is 2.70 bits per heavy atom. The van der Waals surface area contributed by atoms with Gasteiger partial charge >= 0.3 is 0 Å². The van der Waals surface area contributed by atoms with Gasteiger partial charge in [0.1, 0.15) is 17.9 Å². The fraction of sp³-hybridized carbons (Fsp3) is 0.357. The Labute approximate surface area is 117 Å². The summed E-state index contributed by atoms with van der Waals surface area (Å²) in [4.78, 5) is 16.4. The summed E-state index contributed by atoms with van der Waals surface area (Å²) >= 11 is 0. The molecule has 0 aliphatic rings. The molecule has 0 radical (unpaired) electrons. The second-order valence-corrected chi connectivity index (χ2v) is 4.99. The standard InChI is InChI=1S/C14H18N4O2/c1-9(2)12(13-15-8-16-18(13)3)17-14(20)10-5-4-6-11(19)7-10/h4-9,12,19H,1-3H3,(H,17,20)/t12-/m0/s1. The number of amides is 1. The Hall–Kier alpha value is -2.37. The quantitative estimate of drug-likeness (QED) is 0.888. The van der Waals surface area contributed by atoms with Crippen LogP contribution in [0.1, 0.15) is 36.1 Å². The fourth-order valence-electron chi connectivity index (χ4n) is 1.99. The number of hydrogen-bond acceptors (Lipinski definition) is 4. The van der Waals surface area contributed by atoms with Crippen LogP contribution in [0.2, 0.25) is 0 Å². The highest BCUT2D eigenvalue weighted by atomic mass is 16.3. The molecule has 0 saturated heterocycles. The molecule has 0 saturated carbocycles. The van der Waals surface area contributed by atoms with E-state index >= 15 is 0 Å². The van der Waals surface area contributed by atoms with Crippen LogP contribution in [0.4, 0.5) is 0 Å². The van der Waals surface area contributed by atoms with E-state index < -0.39 is 0 Å². The van der Waals surface area contributed by atoms with Crippen LogP contribution >= 0.6 is 0 Å². The summed E-state index contributed by atoms with van der Waals surface area (Å²) in [5.74, 6) is 0.688. The SMILES string of the molecule is CC(C)[C@H](NC(=O)c1cccc(O)c1)c1ncnn1C. The number of aryl methyl sites for hydroxylation is 1. The minimum atomic E-state index is -0.248. The number of phenols is 1. The van der Waals surface area contributed by atoms with E-state index in [-0.39, 0.29) is 23.6 Å². The zero-order chi connectivity index (χ0) is 14.7. The first-order valence-corrected chi connectivity index (χ1v) is 6.43. The lowest BCUT2D eigenvalue weighted by Crippen LogP contribution is -2.33. The summed E-state index contributed by atoms with van der Waals surface area (Å²) in [5.41, 5.74) is 0.415. The van der Waals surface area contributed by atoms with Crippen molar-refractivity contribution in [3.05, 3.63) is 42.0 Å². The number of nitrogens with zero attached hydrogens (tertiary/aromatic N) is 3. The van der Waals surface area contributed by atoms with Gasteiger partial charge in [0, 0.05) is 12.6 Å². The summed E-state index contributed by atoms with van der Waals surface area (Å²) < 4.78 is 1.65. The lowest BCUT2D eigenvalue weighted by Gasteiger charge is -2.21. The van der Waals surface area contributed by atoms with Crippen molar-refractivity contribution in [1.82, 2.24) is 20.1 Å². The molecule has 0 aliphatic carbocycles. The molecule has 1 atom stereocenters. The highest BCUT2D eigenvalue weighted by Crippen LogP contribution is 2.20. The maximum Gasteiger partial charge on any atom is 0.252 e. The van der Waals surface area contributed by atoms with Gasteiger partial charge in [-0.2, -0.15) is 5.10 Å². The van der Waals surface area contributed by atoms with E-state index in [2.05, 4.69) is 15.4 Å². The topological polar surface area (TPSA) is 80.0 Å². The lowest BCUT2D eigenvalue weighted by atomic mass is 10.0.